The Hall–Kier alpha value is -1.32. The second-order valence-corrected chi connectivity index (χ2v) is 6.02. The van der Waals surface area contributed by atoms with Crippen molar-refractivity contribution in [3.8, 4) is 0 Å². The summed E-state index contributed by atoms with van der Waals surface area (Å²) in [5.74, 6) is 3.38. The van der Waals surface area contributed by atoms with Gasteiger partial charge in [-0.25, -0.2) is 4.98 Å². The highest BCUT2D eigenvalue weighted by Crippen LogP contribution is 2.20. The molecule has 0 saturated carbocycles. The van der Waals surface area contributed by atoms with E-state index in [2.05, 4.69) is 41.0 Å². The molecule has 2 rings (SSSR count). The van der Waals surface area contributed by atoms with Crippen LogP contribution >= 0.6 is 0 Å². The van der Waals surface area contributed by atoms with Gasteiger partial charge < -0.3 is 10.2 Å². The van der Waals surface area contributed by atoms with E-state index in [4.69, 9.17) is 0 Å². The summed E-state index contributed by atoms with van der Waals surface area (Å²) in [6.07, 6.45) is 5.52. The average Bonchev–Trinajstić information content (AvgIpc) is 2.39. The number of aromatic nitrogens is 2. The molecule has 1 N–H and O–H groups in total. The van der Waals surface area contributed by atoms with E-state index in [-0.39, 0.29) is 0 Å². The molecule has 0 spiro atoms. The van der Waals surface area contributed by atoms with Gasteiger partial charge in [-0.2, -0.15) is 4.98 Å². The first-order chi connectivity index (χ1) is 9.15. The van der Waals surface area contributed by atoms with Crippen LogP contribution < -0.4 is 10.2 Å². The Balaban J connectivity index is 1.91. The standard InChI is InChI=1S/C15H26N4/c1-12(2)4-8-16-14-5-9-17-15(18-14)19-10-6-13(3)7-11-19/h5,9,12-13H,4,6-8,10-11H2,1-3H3,(H,16,17,18). The van der Waals surface area contributed by atoms with Crippen LogP contribution in [0.25, 0.3) is 0 Å². The van der Waals surface area contributed by atoms with E-state index in [1.54, 1.807) is 0 Å². The van der Waals surface area contributed by atoms with Gasteiger partial charge in [0.1, 0.15) is 5.82 Å². The highest BCUT2D eigenvalue weighted by Gasteiger charge is 2.17. The Morgan fingerprint density at radius 3 is 2.79 bits per heavy atom. The van der Waals surface area contributed by atoms with Gasteiger partial charge in [-0.15, -0.1) is 0 Å². The van der Waals surface area contributed by atoms with Gasteiger partial charge in [0.15, 0.2) is 0 Å². The number of anilines is 2. The van der Waals surface area contributed by atoms with Crippen molar-refractivity contribution in [2.75, 3.05) is 29.9 Å². The summed E-state index contributed by atoms with van der Waals surface area (Å²) >= 11 is 0. The fourth-order valence-corrected chi connectivity index (χ4v) is 2.30. The lowest BCUT2D eigenvalue weighted by molar-refractivity contribution is 0.434. The monoisotopic (exact) mass is 262 g/mol. The van der Waals surface area contributed by atoms with Gasteiger partial charge in [0.05, 0.1) is 0 Å². The molecule has 4 nitrogen and oxygen atoms in total. The number of nitrogens with zero attached hydrogens (tertiary/aromatic N) is 3. The molecule has 0 unspecified atom stereocenters. The maximum Gasteiger partial charge on any atom is 0.227 e. The fraction of sp³-hybridized carbons (Fsp3) is 0.733. The molecule has 1 saturated heterocycles. The zero-order valence-electron chi connectivity index (χ0n) is 12.4. The van der Waals surface area contributed by atoms with E-state index < -0.39 is 0 Å². The molecule has 1 fully saturated rings. The van der Waals surface area contributed by atoms with Crippen LogP contribution in [-0.4, -0.2) is 29.6 Å². The van der Waals surface area contributed by atoms with Gasteiger partial charge in [-0.05, 0) is 37.2 Å². The highest BCUT2D eigenvalue weighted by atomic mass is 15.3. The van der Waals surface area contributed by atoms with E-state index in [1.807, 2.05) is 12.3 Å². The van der Waals surface area contributed by atoms with Crippen LogP contribution in [0.5, 0.6) is 0 Å². The average molecular weight is 262 g/mol. The number of hydrogen-bond acceptors (Lipinski definition) is 4. The van der Waals surface area contributed by atoms with Crippen molar-refractivity contribution in [2.45, 2.75) is 40.0 Å². The lowest BCUT2D eigenvalue weighted by atomic mass is 10.00. The first-order valence-electron chi connectivity index (χ1n) is 7.47. The molecule has 0 amide bonds. The molecule has 19 heavy (non-hydrogen) atoms. The summed E-state index contributed by atoms with van der Waals surface area (Å²) in [4.78, 5) is 11.3. The summed E-state index contributed by atoms with van der Waals surface area (Å²) in [5.41, 5.74) is 0. The molecule has 2 heterocycles. The summed E-state index contributed by atoms with van der Waals surface area (Å²) < 4.78 is 0. The molecule has 4 heteroatoms. The molecule has 0 radical (unpaired) electrons. The maximum atomic E-state index is 4.62. The molecule has 0 bridgehead atoms. The van der Waals surface area contributed by atoms with Gasteiger partial charge >= 0.3 is 0 Å². The van der Waals surface area contributed by atoms with Gasteiger partial charge in [-0.3, -0.25) is 0 Å². The predicted octanol–water partition coefficient (Wildman–Crippen LogP) is 3.17. The van der Waals surface area contributed by atoms with Crippen LogP contribution in [0.4, 0.5) is 11.8 Å². The van der Waals surface area contributed by atoms with E-state index in [0.29, 0.717) is 0 Å². The Morgan fingerprint density at radius 2 is 2.11 bits per heavy atom. The second-order valence-electron chi connectivity index (χ2n) is 6.02. The molecular formula is C15H26N4. The van der Waals surface area contributed by atoms with E-state index in [1.165, 1.54) is 19.3 Å². The van der Waals surface area contributed by atoms with Gasteiger partial charge in [0.2, 0.25) is 5.95 Å². The Kier molecular flexibility index (Phi) is 5.00. The first-order valence-corrected chi connectivity index (χ1v) is 7.47. The largest absolute Gasteiger partial charge is 0.370 e. The molecule has 1 aromatic rings. The summed E-state index contributed by atoms with van der Waals surface area (Å²) in [6, 6.07) is 1.95. The minimum Gasteiger partial charge on any atom is -0.370 e. The third-order valence-corrected chi connectivity index (χ3v) is 3.74. The smallest absolute Gasteiger partial charge is 0.227 e. The summed E-state index contributed by atoms with van der Waals surface area (Å²) in [7, 11) is 0. The molecule has 1 aliphatic rings. The Labute approximate surface area is 116 Å². The molecule has 106 valence electrons. The quantitative estimate of drug-likeness (QED) is 0.885. The van der Waals surface area contributed by atoms with Crippen LogP contribution in [0, 0.1) is 11.8 Å². The van der Waals surface area contributed by atoms with Gasteiger partial charge in [-0.1, -0.05) is 20.8 Å². The summed E-state index contributed by atoms with van der Waals surface area (Å²) in [5, 5.41) is 3.39. The third-order valence-electron chi connectivity index (χ3n) is 3.74. The minimum atomic E-state index is 0.720. The number of rotatable bonds is 5. The van der Waals surface area contributed by atoms with Crippen molar-refractivity contribution >= 4 is 11.8 Å². The summed E-state index contributed by atoms with van der Waals surface area (Å²) in [6.45, 7) is 9.93. The number of hydrogen-bond donors (Lipinski definition) is 1. The predicted molar refractivity (Wildman–Crippen MR) is 80.6 cm³/mol. The normalized spacial score (nSPS) is 16.9. The lowest BCUT2D eigenvalue weighted by Gasteiger charge is -2.30. The molecule has 0 aromatic carbocycles. The van der Waals surface area contributed by atoms with Crippen LogP contribution in [0.2, 0.25) is 0 Å². The van der Waals surface area contributed by atoms with E-state index >= 15 is 0 Å². The Bertz CT molecular complexity index is 383. The van der Waals surface area contributed by atoms with Gasteiger partial charge in [0, 0.05) is 25.8 Å². The second kappa shape index (κ2) is 6.73. The molecule has 0 aliphatic carbocycles. The van der Waals surface area contributed by atoms with Crippen molar-refractivity contribution in [3.05, 3.63) is 12.3 Å². The van der Waals surface area contributed by atoms with Gasteiger partial charge in [0.25, 0.3) is 0 Å². The fourth-order valence-electron chi connectivity index (χ4n) is 2.30. The van der Waals surface area contributed by atoms with Crippen LogP contribution in [0.15, 0.2) is 12.3 Å². The van der Waals surface area contributed by atoms with Crippen LogP contribution in [0.1, 0.15) is 40.0 Å². The van der Waals surface area contributed by atoms with Crippen molar-refractivity contribution < 1.29 is 0 Å². The van der Waals surface area contributed by atoms with Crippen LogP contribution in [0.3, 0.4) is 0 Å². The molecule has 1 aliphatic heterocycles. The lowest BCUT2D eigenvalue weighted by Crippen LogP contribution is -2.34. The van der Waals surface area contributed by atoms with Crippen molar-refractivity contribution in [1.29, 1.82) is 0 Å². The molecular weight excluding hydrogens is 236 g/mol. The van der Waals surface area contributed by atoms with Crippen molar-refractivity contribution in [3.63, 3.8) is 0 Å². The van der Waals surface area contributed by atoms with Crippen molar-refractivity contribution in [2.24, 2.45) is 11.8 Å². The minimum absolute atomic E-state index is 0.720. The Morgan fingerprint density at radius 1 is 1.37 bits per heavy atom. The molecule has 0 atom stereocenters. The van der Waals surface area contributed by atoms with Crippen molar-refractivity contribution in [1.82, 2.24) is 9.97 Å². The topological polar surface area (TPSA) is 41.1 Å². The maximum absolute atomic E-state index is 4.62. The van der Waals surface area contributed by atoms with E-state index in [0.717, 1.165) is 43.2 Å². The first kappa shape index (κ1) is 14.1. The zero-order chi connectivity index (χ0) is 13.7. The third kappa shape index (κ3) is 4.37. The SMILES string of the molecule is CC(C)CCNc1ccnc(N2CCC(C)CC2)n1. The number of nitrogens with one attached hydrogen (secondary N) is 1. The van der Waals surface area contributed by atoms with Crippen LogP contribution in [-0.2, 0) is 0 Å². The zero-order valence-corrected chi connectivity index (χ0v) is 12.4. The molecule has 1 aromatic heterocycles. The van der Waals surface area contributed by atoms with E-state index in [9.17, 15) is 0 Å². The number of piperidine rings is 1. The highest BCUT2D eigenvalue weighted by molar-refractivity contribution is 5.41.